The van der Waals surface area contributed by atoms with Crippen LogP contribution in [0.2, 0.25) is 0 Å². The van der Waals surface area contributed by atoms with Gasteiger partial charge in [0.05, 0.1) is 12.1 Å². The predicted octanol–water partition coefficient (Wildman–Crippen LogP) is 2.18. The topological polar surface area (TPSA) is 84.9 Å². The Bertz CT molecular complexity index is 683. The van der Waals surface area contributed by atoms with E-state index in [0.717, 1.165) is 25.7 Å². The van der Waals surface area contributed by atoms with Gasteiger partial charge in [-0.15, -0.1) is 0 Å². The van der Waals surface area contributed by atoms with Crippen molar-refractivity contribution >= 4 is 23.5 Å². The summed E-state index contributed by atoms with van der Waals surface area (Å²) < 4.78 is 10.4. The molecule has 1 aliphatic carbocycles. The van der Waals surface area contributed by atoms with Gasteiger partial charge in [0, 0.05) is 12.6 Å². The van der Waals surface area contributed by atoms with Crippen LogP contribution in [-0.2, 0) is 19.1 Å². The molecule has 1 aliphatic heterocycles. The second-order valence-electron chi connectivity index (χ2n) is 6.97. The number of nitrogens with one attached hydrogen (secondary N) is 1. The monoisotopic (exact) mass is 374 g/mol. The number of carbonyl (C=O) groups excluding carboxylic acids is 3. The first kappa shape index (κ1) is 19.2. The van der Waals surface area contributed by atoms with Crippen LogP contribution in [-0.4, -0.2) is 43.6 Å². The van der Waals surface area contributed by atoms with E-state index in [4.69, 9.17) is 9.47 Å². The highest BCUT2D eigenvalue weighted by Gasteiger charge is 2.25. The van der Waals surface area contributed by atoms with Crippen LogP contribution in [0.15, 0.2) is 24.3 Å². The summed E-state index contributed by atoms with van der Waals surface area (Å²) in [7, 11) is 0. The zero-order chi connectivity index (χ0) is 19.1. The third-order valence-corrected chi connectivity index (χ3v) is 4.93. The lowest BCUT2D eigenvalue weighted by Crippen LogP contribution is -2.40. The summed E-state index contributed by atoms with van der Waals surface area (Å²) in [4.78, 5) is 37.6. The molecule has 1 N–H and O–H groups in total. The summed E-state index contributed by atoms with van der Waals surface area (Å²) >= 11 is 0. The van der Waals surface area contributed by atoms with E-state index < -0.39 is 5.97 Å². The number of hydrogen-bond donors (Lipinski definition) is 1. The van der Waals surface area contributed by atoms with Crippen molar-refractivity contribution < 1.29 is 23.9 Å². The molecular weight excluding hydrogens is 348 g/mol. The lowest BCUT2D eigenvalue weighted by Gasteiger charge is -2.28. The van der Waals surface area contributed by atoms with Crippen molar-refractivity contribution in [1.82, 2.24) is 5.32 Å². The highest BCUT2D eigenvalue weighted by molar-refractivity contribution is 5.98. The molecule has 1 aromatic carbocycles. The first-order valence-electron chi connectivity index (χ1n) is 9.60. The molecule has 0 radical (unpaired) electrons. The van der Waals surface area contributed by atoms with Crippen molar-refractivity contribution in [1.29, 1.82) is 0 Å². The Morgan fingerprint density at radius 2 is 1.89 bits per heavy atom. The molecule has 2 aliphatic rings. The Hall–Kier alpha value is -2.57. The van der Waals surface area contributed by atoms with Crippen molar-refractivity contribution in [3.05, 3.63) is 24.3 Å². The van der Waals surface area contributed by atoms with Gasteiger partial charge in [-0.2, -0.15) is 0 Å². The van der Waals surface area contributed by atoms with E-state index in [1.807, 2.05) is 12.1 Å². The van der Waals surface area contributed by atoms with Gasteiger partial charge in [-0.3, -0.25) is 14.4 Å². The van der Waals surface area contributed by atoms with E-state index >= 15 is 0 Å². The summed E-state index contributed by atoms with van der Waals surface area (Å²) in [5.74, 6) is -0.341. The molecule has 0 aromatic heterocycles. The first-order valence-corrected chi connectivity index (χ1v) is 9.60. The molecule has 2 amide bonds. The van der Waals surface area contributed by atoms with Gasteiger partial charge in [0.2, 0.25) is 0 Å². The van der Waals surface area contributed by atoms with Crippen LogP contribution in [0.25, 0.3) is 0 Å². The Morgan fingerprint density at radius 3 is 2.67 bits per heavy atom. The molecule has 1 aromatic rings. The molecule has 1 fully saturated rings. The molecule has 0 saturated heterocycles. The minimum Gasteiger partial charge on any atom is -0.482 e. The zero-order valence-corrected chi connectivity index (χ0v) is 15.4. The SMILES string of the molecule is O=C(COC(=O)CCN1C(=O)COc2ccccc21)NC1CCCCCC1. The van der Waals surface area contributed by atoms with Gasteiger partial charge in [0.15, 0.2) is 13.2 Å². The summed E-state index contributed by atoms with van der Waals surface area (Å²) in [5, 5.41) is 2.94. The fourth-order valence-electron chi connectivity index (χ4n) is 3.51. The molecule has 3 rings (SSSR count). The van der Waals surface area contributed by atoms with E-state index in [1.54, 1.807) is 12.1 Å². The van der Waals surface area contributed by atoms with Crippen LogP contribution >= 0.6 is 0 Å². The van der Waals surface area contributed by atoms with Gasteiger partial charge in [-0.25, -0.2) is 0 Å². The smallest absolute Gasteiger partial charge is 0.308 e. The molecule has 0 spiro atoms. The molecule has 0 bridgehead atoms. The molecule has 0 atom stereocenters. The quantitative estimate of drug-likeness (QED) is 0.609. The highest BCUT2D eigenvalue weighted by atomic mass is 16.5. The largest absolute Gasteiger partial charge is 0.482 e. The lowest BCUT2D eigenvalue weighted by molar-refractivity contribution is -0.148. The number of hydrogen-bond acceptors (Lipinski definition) is 5. The van der Waals surface area contributed by atoms with E-state index in [2.05, 4.69) is 5.32 Å². The van der Waals surface area contributed by atoms with Crippen LogP contribution in [0.5, 0.6) is 5.75 Å². The maximum absolute atomic E-state index is 12.1. The Morgan fingerprint density at radius 1 is 1.15 bits per heavy atom. The maximum Gasteiger partial charge on any atom is 0.308 e. The first-order chi connectivity index (χ1) is 13.1. The number of ether oxygens (including phenoxy) is 2. The molecule has 146 valence electrons. The van der Waals surface area contributed by atoms with Gasteiger partial charge in [-0.1, -0.05) is 37.8 Å². The van der Waals surface area contributed by atoms with Gasteiger partial charge in [-0.05, 0) is 25.0 Å². The van der Waals surface area contributed by atoms with E-state index in [1.165, 1.54) is 17.7 Å². The highest BCUT2D eigenvalue weighted by Crippen LogP contribution is 2.31. The van der Waals surface area contributed by atoms with Crippen molar-refractivity contribution in [2.45, 2.75) is 51.0 Å². The maximum atomic E-state index is 12.1. The number of carbonyl (C=O) groups is 3. The molecule has 1 saturated carbocycles. The summed E-state index contributed by atoms with van der Waals surface area (Å²) in [5.41, 5.74) is 0.646. The Kier molecular flexibility index (Phi) is 6.68. The molecule has 27 heavy (non-hydrogen) atoms. The summed E-state index contributed by atoms with van der Waals surface area (Å²) in [6.45, 7) is -0.124. The third kappa shape index (κ3) is 5.45. The number of nitrogens with zero attached hydrogens (tertiary/aromatic N) is 1. The van der Waals surface area contributed by atoms with Crippen LogP contribution in [0.1, 0.15) is 44.9 Å². The molecule has 0 unspecified atom stereocenters. The zero-order valence-electron chi connectivity index (χ0n) is 15.4. The number of anilines is 1. The molecule has 1 heterocycles. The van der Waals surface area contributed by atoms with E-state index in [0.29, 0.717) is 11.4 Å². The molecule has 7 nitrogen and oxygen atoms in total. The van der Waals surface area contributed by atoms with Crippen molar-refractivity contribution in [3.8, 4) is 5.75 Å². The van der Waals surface area contributed by atoms with Crippen molar-refractivity contribution in [2.24, 2.45) is 0 Å². The van der Waals surface area contributed by atoms with Crippen molar-refractivity contribution in [3.63, 3.8) is 0 Å². The Balaban J connectivity index is 1.42. The van der Waals surface area contributed by atoms with E-state index in [-0.39, 0.29) is 44.0 Å². The number of fused-ring (bicyclic) bond motifs is 1. The lowest BCUT2D eigenvalue weighted by atomic mass is 10.1. The standard InChI is InChI=1S/C20H26N2O5/c23-18(21-15-7-3-1-2-4-8-15)13-27-20(25)11-12-22-16-9-5-6-10-17(16)26-14-19(22)24/h5-6,9-10,15H,1-4,7-8,11-14H2,(H,21,23). The van der Waals surface area contributed by atoms with Crippen LogP contribution in [0, 0.1) is 0 Å². The van der Waals surface area contributed by atoms with Gasteiger partial charge >= 0.3 is 5.97 Å². The average molecular weight is 374 g/mol. The summed E-state index contributed by atoms with van der Waals surface area (Å²) in [6.07, 6.45) is 6.67. The molecule has 7 heteroatoms. The summed E-state index contributed by atoms with van der Waals surface area (Å²) in [6, 6.07) is 7.38. The average Bonchev–Trinajstić information content (AvgIpc) is 2.94. The minimum absolute atomic E-state index is 0.0246. The number of rotatable bonds is 6. The van der Waals surface area contributed by atoms with Gasteiger partial charge in [0.1, 0.15) is 5.75 Å². The Labute approximate surface area is 159 Å². The fourth-order valence-corrected chi connectivity index (χ4v) is 3.51. The number of benzene rings is 1. The third-order valence-electron chi connectivity index (χ3n) is 4.93. The van der Waals surface area contributed by atoms with Crippen molar-refractivity contribution in [2.75, 3.05) is 24.7 Å². The van der Waals surface area contributed by atoms with Crippen LogP contribution < -0.4 is 15.0 Å². The van der Waals surface area contributed by atoms with Gasteiger partial charge in [0.25, 0.3) is 11.8 Å². The van der Waals surface area contributed by atoms with Gasteiger partial charge < -0.3 is 19.7 Å². The second kappa shape index (κ2) is 9.39. The predicted molar refractivity (Wildman–Crippen MR) is 99.5 cm³/mol. The fraction of sp³-hybridized carbons (Fsp3) is 0.550. The molecular formula is C20H26N2O5. The van der Waals surface area contributed by atoms with Crippen LogP contribution in [0.3, 0.4) is 0 Å². The minimum atomic E-state index is -0.497. The number of esters is 1. The number of para-hydroxylation sites is 2. The van der Waals surface area contributed by atoms with Crippen LogP contribution in [0.4, 0.5) is 5.69 Å². The normalized spacial score (nSPS) is 17.5. The number of amides is 2. The second-order valence-corrected chi connectivity index (χ2v) is 6.97. The van der Waals surface area contributed by atoms with E-state index in [9.17, 15) is 14.4 Å².